The van der Waals surface area contributed by atoms with Gasteiger partial charge < -0.3 is 11.1 Å². The van der Waals surface area contributed by atoms with Crippen LogP contribution < -0.4 is 11.1 Å². The van der Waals surface area contributed by atoms with E-state index in [-0.39, 0.29) is 24.4 Å². The van der Waals surface area contributed by atoms with Gasteiger partial charge in [0.25, 0.3) is 0 Å². The fraction of sp³-hybridized carbons (Fsp3) is 0.462. The molecule has 0 unspecified atom stereocenters. The summed E-state index contributed by atoms with van der Waals surface area (Å²) in [7, 11) is 0. The molecule has 2 rings (SSSR count). The van der Waals surface area contributed by atoms with Crippen molar-refractivity contribution in [3.05, 3.63) is 35.9 Å². The Hall–Kier alpha value is -1.06. The lowest BCUT2D eigenvalue weighted by atomic mass is 9.77. The molecule has 4 heteroatoms. The van der Waals surface area contributed by atoms with Gasteiger partial charge in [0.15, 0.2) is 0 Å². The molecule has 3 N–H and O–H groups in total. The number of hydrogen-bond acceptors (Lipinski definition) is 2. The van der Waals surface area contributed by atoms with E-state index in [1.807, 2.05) is 37.3 Å². The fourth-order valence-electron chi connectivity index (χ4n) is 1.95. The summed E-state index contributed by atoms with van der Waals surface area (Å²) in [5.41, 5.74) is 6.46. The van der Waals surface area contributed by atoms with Crippen LogP contribution in [0.4, 0.5) is 0 Å². The van der Waals surface area contributed by atoms with Crippen molar-refractivity contribution in [1.29, 1.82) is 0 Å². The zero-order chi connectivity index (χ0) is 11.6. The molecule has 1 atom stereocenters. The van der Waals surface area contributed by atoms with Crippen molar-refractivity contribution in [1.82, 2.24) is 5.32 Å². The van der Waals surface area contributed by atoms with Gasteiger partial charge in [-0.3, -0.25) is 4.79 Å². The van der Waals surface area contributed by atoms with E-state index in [9.17, 15) is 4.79 Å². The van der Waals surface area contributed by atoms with Crippen LogP contribution in [-0.4, -0.2) is 11.4 Å². The zero-order valence-electron chi connectivity index (χ0n) is 9.98. The van der Waals surface area contributed by atoms with Gasteiger partial charge in [0.05, 0.1) is 11.6 Å². The van der Waals surface area contributed by atoms with Crippen LogP contribution in [0.25, 0.3) is 0 Å². The summed E-state index contributed by atoms with van der Waals surface area (Å²) in [6, 6.07) is 9.95. The van der Waals surface area contributed by atoms with E-state index in [0.717, 1.165) is 24.8 Å². The van der Waals surface area contributed by atoms with Crippen LogP contribution in [0, 0.1) is 0 Å². The van der Waals surface area contributed by atoms with Crippen molar-refractivity contribution in [2.24, 2.45) is 5.73 Å². The molecule has 1 aliphatic carbocycles. The first-order chi connectivity index (χ1) is 7.62. The topological polar surface area (TPSA) is 55.1 Å². The molecule has 0 saturated heterocycles. The maximum Gasteiger partial charge on any atom is 0.240 e. The van der Waals surface area contributed by atoms with Gasteiger partial charge in [-0.05, 0) is 31.7 Å². The summed E-state index contributed by atoms with van der Waals surface area (Å²) in [4.78, 5) is 11.9. The summed E-state index contributed by atoms with van der Waals surface area (Å²) in [6.07, 6.45) is 2.67. The quantitative estimate of drug-likeness (QED) is 0.869. The number of nitrogens with one attached hydrogen (secondary N) is 1. The molecule has 3 nitrogen and oxygen atoms in total. The molecule has 0 bridgehead atoms. The van der Waals surface area contributed by atoms with Crippen molar-refractivity contribution in [2.75, 3.05) is 0 Å². The molecule has 0 heterocycles. The van der Waals surface area contributed by atoms with Crippen molar-refractivity contribution in [2.45, 2.75) is 37.8 Å². The lowest BCUT2D eigenvalue weighted by Gasteiger charge is -2.37. The van der Waals surface area contributed by atoms with E-state index in [2.05, 4.69) is 5.32 Å². The minimum atomic E-state index is -0.608. The van der Waals surface area contributed by atoms with Crippen LogP contribution in [0.15, 0.2) is 30.3 Å². The second-order valence-corrected chi connectivity index (χ2v) is 4.62. The number of hydrogen-bond donors (Lipinski definition) is 2. The Kier molecular flexibility index (Phi) is 4.54. The number of carbonyl (C=O) groups is 1. The molecular weight excluding hydrogens is 236 g/mol. The fourth-order valence-corrected chi connectivity index (χ4v) is 1.95. The second-order valence-electron chi connectivity index (χ2n) is 4.62. The molecule has 17 heavy (non-hydrogen) atoms. The maximum absolute atomic E-state index is 11.9. The SMILES string of the molecule is C[C@@H](NC(=O)C1(N)CCC1)c1ccccc1.Cl. The summed E-state index contributed by atoms with van der Waals surface area (Å²) >= 11 is 0. The molecule has 0 radical (unpaired) electrons. The average molecular weight is 255 g/mol. The number of halogens is 1. The predicted molar refractivity (Wildman–Crippen MR) is 71.0 cm³/mol. The predicted octanol–water partition coefficient (Wildman–Crippen LogP) is 2.17. The van der Waals surface area contributed by atoms with Gasteiger partial charge in [-0.2, -0.15) is 0 Å². The van der Waals surface area contributed by atoms with Crippen LogP contribution >= 0.6 is 12.4 Å². The van der Waals surface area contributed by atoms with Gasteiger partial charge >= 0.3 is 0 Å². The van der Waals surface area contributed by atoms with Crippen LogP contribution in [0.1, 0.15) is 37.8 Å². The highest BCUT2D eigenvalue weighted by Gasteiger charge is 2.40. The zero-order valence-corrected chi connectivity index (χ0v) is 10.8. The molecule has 0 aliphatic heterocycles. The Bertz CT molecular complexity index is 376. The minimum absolute atomic E-state index is 0. The molecular formula is C13H19ClN2O. The minimum Gasteiger partial charge on any atom is -0.348 e. The number of carbonyl (C=O) groups excluding carboxylic acids is 1. The number of nitrogens with two attached hydrogens (primary N) is 1. The molecule has 1 aromatic rings. The van der Waals surface area contributed by atoms with Crippen LogP contribution in [0.3, 0.4) is 0 Å². The first kappa shape index (κ1) is 14.0. The summed E-state index contributed by atoms with van der Waals surface area (Å²) in [5, 5.41) is 2.97. The normalized spacial score (nSPS) is 18.5. The molecule has 1 amide bonds. The highest BCUT2D eigenvalue weighted by Crippen LogP contribution is 2.29. The third kappa shape index (κ3) is 2.99. The highest BCUT2D eigenvalue weighted by atomic mass is 35.5. The van der Waals surface area contributed by atoms with Gasteiger partial charge in [-0.25, -0.2) is 0 Å². The second kappa shape index (κ2) is 5.52. The summed E-state index contributed by atoms with van der Waals surface area (Å²) in [6.45, 7) is 1.98. The van der Waals surface area contributed by atoms with E-state index in [1.54, 1.807) is 0 Å². The molecule has 1 aromatic carbocycles. The van der Waals surface area contributed by atoms with Crippen LogP contribution in [-0.2, 0) is 4.79 Å². The van der Waals surface area contributed by atoms with E-state index in [1.165, 1.54) is 0 Å². The number of rotatable bonds is 3. The standard InChI is InChI=1S/C13H18N2O.ClH/c1-10(11-6-3-2-4-7-11)15-12(16)13(14)8-5-9-13;/h2-4,6-7,10H,5,8-9,14H2,1H3,(H,15,16);1H/t10-;/m1./s1. The van der Waals surface area contributed by atoms with Crippen LogP contribution in [0.5, 0.6) is 0 Å². The Morgan fingerprint density at radius 1 is 1.35 bits per heavy atom. The molecule has 1 fully saturated rings. The maximum atomic E-state index is 11.9. The van der Waals surface area contributed by atoms with Crippen molar-refractivity contribution in [3.63, 3.8) is 0 Å². The lowest BCUT2D eigenvalue weighted by Crippen LogP contribution is -2.58. The Morgan fingerprint density at radius 2 is 1.94 bits per heavy atom. The van der Waals surface area contributed by atoms with E-state index in [0.29, 0.717) is 0 Å². The molecule has 94 valence electrons. The van der Waals surface area contributed by atoms with Gasteiger partial charge in [0, 0.05) is 0 Å². The summed E-state index contributed by atoms with van der Waals surface area (Å²) in [5.74, 6) is -0.0184. The largest absolute Gasteiger partial charge is 0.348 e. The Balaban J connectivity index is 0.00000144. The van der Waals surface area contributed by atoms with Crippen molar-refractivity contribution < 1.29 is 4.79 Å². The molecule has 0 aromatic heterocycles. The Morgan fingerprint density at radius 3 is 2.41 bits per heavy atom. The first-order valence-corrected chi connectivity index (χ1v) is 5.77. The van der Waals surface area contributed by atoms with Crippen molar-refractivity contribution >= 4 is 18.3 Å². The Labute approximate surface area is 108 Å². The van der Waals surface area contributed by atoms with Gasteiger partial charge in [0.2, 0.25) is 5.91 Å². The third-order valence-electron chi connectivity index (χ3n) is 3.35. The van der Waals surface area contributed by atoms with Crippen LogP contribution in [0.2, 0.25) is 0 Å². The monoisotopic (exact) mass is 254 g/mol. The van der Waals surface area contributed by atoms with E-state index >= 15 is 0 Å². The highest BCUT2D eigenvalue weighted by molar-refractivity contribution is 5.87. The molecule has 1 saturated carbocycles. The van der Waals surface area contributed by atoms with Gasteiger partial charge in [0.1, 0.15) is 0 Å². The molecule has 0 spiro atoms. The van der Waals surface area contributed by atoms with Gasteiger partial charge in [-0.15, -0.1) is 12.4 Å². The first-order valence-electron chi connectivity index (χ1n) is 5.77. The van der Waals surface area contributed by atoms with Gasteiger partial charge in [-0.1, -0.05) is 30.3 Å². The van der Waals surface area contributed by atoms with E-state index < -0.39 is 5.54 Å². The number of benzene rings is 1. The van der Waals surface area contributed by atoms with Crippen molar-refractivity contribution in [3.8, 4) is 0 Å². The number of amides is 1. The lowest BCUT2D eigenvalue weighted by molar-refractivity contribution is -0.129. The third-order valence-corrected chi connectivity index (χ3v) is 3.35. The summed E-state index contributed by atoms with van der Waals surface area (Å²) < 4.78 is 0. The average Bonchev–Trinajstić information content (AvgIpc) is 2.27. The smallest absolute Gasteiger partial charge is 0.240 e. The molecule has 1 aliphatic rings. The van der Waals surface area contributed by atoms with E-state index in [4.69, 9.17) is 5.73 Å².